The first-order valence-electron chi connectivity index (χ1n) is 11.7. The van der Waals surface area contributed by atoms with Crippen molar-refractivity contribution in [3.8, 4) is 11.1 Å². The smallest absolute Gasteiger partial charge is 0.407 e. The molecule has 0 radical (unpaired) electrons. The van der Waals surface area contributed by atoms with E-state index >= 15 is 0 Å². The Labute approximate surface area is 200 Å². The number of carbonyl (C=O) groups is 3. The zero-order chi connectivity index (χ0) is 24.9. The lowest BCUT2D eigenvalue weighted by Crippen LogP contribution is -2.49. The number of amides is 2. The summed E-state index contributed by atoms with van der Waals surface area (Å²) in [5.41, 5.74) is 4.08. The van der Waals surface area contributed by atoms with Gasteiger partial charge < -0.3 is 20.5 Å². The fraction of sp³-hybridized carbons (Fsp3) is 0.444. The summed E-state index contributed by atoms with van der Waals surface area (Å²) in [5, 5.41) is 14.7. The van der Waals surface area contributed by atoms with Crippen molar-refractivity contribution >= 4 is 18.0 Å². The van der Waals surface area contributed by atoms with Crippen molar-refractivity contribution < 1.29 is 24.2 Å². The van der Waals surface area contributed by atoms with Gasteiger partial charge in [-0.25, -0.2) is 9.59 Å². The van der Waals surface area contributed by atoms with Crippen molar-refractivity contribution in [2.45, 2.75) is 52.5 Å². The fourth-order valence-electron chi connectivity index (χ4n) is 4.27. The van der Waals surface area contributed by atoms with E-state index in [0.717, 1.165) is 11.1 Å². The standard InChI is InChI=1S/C27H34N2O5/c1-17(13-14-23(30)29-24(25(31)32)27(2,3)4)15-28-26(33)34-16-22-20-11-7-5-9-18(20)19-10-6-8-12-21(19)22/h5-12,17,22,24H,13-16H2,1-4H3,(H,28,33)(H,29,30)(H,31,32)/t17?,24-/m0/s1. The molecule has 7 nitrogen and oxygen atoms in total. The first-order valence-corrected chi connectivity index (χ1v) is 11.7. The van der Waals surface area contributed by atoms with Gasteiger partial charge in [-0.15, -0.1) is 0 Å². The van der Waals surface area contributed by atoms with Crippen molar-refractivity contribution in [1.82, 2.24) is 10.6 Å². The highest BCUT2D eigenvalue weighted by Gasteiger charge is 2.32. The molecular weight excluding hydrogens is 432 g/mol. The second kappa shape index (κ2) is 10.7. The Hall–Kier alpha value is -3.35. The van der Waals surface area contributed by atoms with E-state index in [-0.39, 0.29) is 30.8 Å². The first-order chi connectivity index (χ1) is 16.1. The van der Waals surface area contributed by atoms with Crippen LogP contribution in [-0.2, 0) is 14.3 Å². The molecule has 2 aromatic carbocycles. The normalized spacial score (nSPS) is 14.5. The summed E-state index contributed by atoms with van der Waals surface area (Å²) in [5.74, 6) is -1.32. The highest BCUT2D eigenvalue weighted by molar-refractivity contribution is 5.84. The number of nitrogens with one attached hydrogen (secondary N) is 2. The van der Waals surface area contributed by atoms with E-state index in [1.54, 1.807) is 20.8 Å². The van der Waals surface area contributed by atoms with Crippen LogP contribution in [0.4, 0.5) is 4.79 Å². The molecule has 0 aromatic heterocycles. The minimum Gasteiger partial charge on any atom is -0.480 e. The van der Waals surface area contributed by atoms with E-state index in [4.69, 9.17) is 4.74 Å². The molecule has 2 amide bonds. The van der Waals surface area contributed by atoms with Crippen LogP contribution in [0.1, 0.15) is 57.6 Å². The van der Waals surface area contributed by atoms with Crippen molar-refractivity contribution in [2.24, 2.45) is 11.3 Å². The van der Waals surface area contributed by atoms with Crippen LogP contribution in [-0.4, -0.2) is 42.3 Å². The van der Waals surface area contributed by atoms with E-state index in [1.807, 2.05) is 31.2 Å². The van der Waals surface area contributed by atoms with E-state index in [0.29, 0.717) is 13.0 Å². The molecule has 0 saturated carbocycles. The summed E-state index contributed by atoms with van der Waals surface area (Å²) in [6.45, 7) is 7.86. The second-order valence-corrected chi connectivity index (χ2v) is 10.1. The number of hydrogen-bond acceptors (Lipinski definition) is 4. The third kappa shape index (κ3) is 6.16. The van der Waals surface area contributed by atoms with Crippen molar-refractivity contribution in [3.63, 3.8) is 0 Å². The van der Waals surface area contributed by atoms with E-state index in [1.165, 1.54) is 11.1 Å². The Kier molecular flexibility index (Phi) is 7.97. The van der Waals surface area contributed by atoms with Crippen LogP contribution in [0.15, 0.2) is 48.5 Å². The molecule has 3 N–H and O–H groups in total. The molecule has 2 aromatic rings. The molecule has 34 heavy (non-hydrogen) atoms. The lowest BCUT2D eigenvalue weighted by Gasteiger charge is -2.27. The summed E-state index contributed by atoms with van der Waals surface area (Å²) in [6.07, 6.45) is 0.219. The summed E-state index contributed by atoms with van der Waals surface area (Å²) < 4.78 is 5.54. The molecule has 2 atom stereocenters. The zero-order valence-electron chi connectivity index (χ0n) is 20.3. The number of fused-ring (bicyclic) bond motifs is 3. The quantitative estimate of drug-likeness (QED) is 0.503. The highest BCUT2D eigenvalue weighted by Crippen LogP contribution is 2.44. The average molecular weight is 467 g/mol. The molecule has 0 aliphatic heterocycles. The van der Waals surface area contributed by atoms with Gasteiger partial charge in [0.2, 0.25) is 5.91 Å². The summed E-state index contributed by atoms with van der Waals surface area (Å²) in [7, 11) is 0. The van der Waals surface area contributed by atoms with Crippen LogP contribution >= 0.6 is 0 Å². The largest absolute Gasteiger partial charge is 0.480 e. The molecule has 7 heteroatoms. The van der Waals surface area contributed by atoms with Crippen LogP contribution in [0, 0.1) is 11.3 Å². The predicted molar refractivity (Wildman–Crippen MR) is 130 cm³/mol. The van der Waals surface area contributed by atoms with Crippen LogP contribution in [0.5, 0.6) is 0 Å². The highest BCUT2D eigenvalue weighted by atomic mass is 16.5. The summed E-state index contributed by atoms with van der Waals surface area (Å²) in [4.78, 5) is 35.9. The number of aliphatic carboxylic acids is 1. The molecule has 1 aliphatic carbocycles. The fourth-order valence-corrected chi connectivity index (χ4v) is 4.27. The van der Waals surface area contributed by atoms with Crippen molar-refractivity contribution in [1.29, 1.82) is 0 Å². The maximum absolute atomic E-state index is 12.3. The van der Waals surface area contributed by atoms with Crippen molar-refractivity contribution in [2.75, 3.05) is 13.2 Å². The van der Waals surface area contributed by atoms with Gasteiger partial charge in [0.25, 0.3) is 0 Å². The monoisotopic (exact) mass is 466 g/mol. The molecule has 0 fully saturated rings. The number of carbonyl (C=O) groups excluding carboxylic acids is 2. The topological polar surface area (TPSA) is 105 Å². The molecule has 182 valence electrons. The molecule has 0 bridgehead atoms. The number of benzene rings is 2. The van der Waals surface area contributed by atoms with Crippen molar-refractivity contribution in [3.05, 3.63) is 59.7 Å². The zero-order valence-corrected chi connectivity index (χ0v) is 20.3. The second-order valence-electron chi connectivity index (χ2n) is 10.1. The Morgan fingerprint density at radius 1 is 1.00 bits per heavy atom. The van der Waals surface area contributed by atoms with Gasteiger partial charge in [0.1, 0.15) is 12.6 Å². The maximum atomic E-state index is 12.3. The SMILES string of the molecule is CC(CCC(=O)N[C@@H](C(=O)O)C(C)(C)C)CNC(=O)OCC1c2ccccc2-c2ccccc21. The first kappa shape index (κ1) is 25.3. The van der Waals surface area contributed by atoms with Crippen LogP contribution < -0.4 is 10.6 Å². The molecule has 0 spiro atoms. The maximum Gasteiger partial charge on any atom is 0.407 e. The lowest BCUT2D eigenvalue weighted by molar-refractivity contribution is -0.145. The van der Waals surface area contributed by atoms with Crippen LogP contribution in [0.25, 0.3) is 11.1 Å². The molecular formula is C27H34N2O5. The van der Waals surface area contributed by atoms with Gasteiger partial charge in [-0.2, -0.15) is 0 Å². The number of ether oxygens (including phenoxy) is 1. The predicted octanol–water partition coefficient (Wildman–Crippen LogP) is 4.56. The van der Waals surface area contributed by atoms with E-state index in [2.05, 4.69) is 34.9 Å². The van der Waals surface area contributed by atoms with Gasteiger partial charge in [-0.05, 0) is 40.0 Å². The number of rotatable bonds is 9. The molecule has 1 aliphatic rings. The van der Waals surface area contributed by atoms with E-state index < -0.39 is 23.5 Å². The Balaban J connectivity index is 1.43. The van der Waals surface area contributed by atoms with Gasteiger partial charge in [0.15, 0.2) is 0 Å². The Morgan fingerprint density at radius 2 is 1.56 bits per heavy atom. The molecule has 0 saturated heterocycles. The Morgan fingerprint density at radius 3 is 2.09 bits per heavy atom. The average Bonchev–Trinajstić information content (AvgIpc) is 3.11. The third-order valence-corrected chi connectivity index (χ3v) is 6.22. The molecule has 0 heterocycles. The minimum atomic E-state index is -1.05. The number of carboxylic acids is 1. The van der Waals surface area contributed by atoms with Gasteiger partial charge in [0.05, 0.1) is 0 Å². The number of hydrogen-bond donors (Lipinski definition) is 3. The van der Waals surface area contributed by atoms with Gasteiger partial charge in [-0.3, -0.25) is 4.79 Å². The summed E-state index contributed by atoms with van der Waals surface area (Å²) >= 11 is 0. The summed E-state index contributed by atoms with van der Waals surface area (Å²) in [6, 6.07) is 15.4. The third-order valence-electron chi connectivity index (χ3n) is 6.22. The van der Waals surface area contributed by atoms with Crippen LogP contribution in [0.2, 0.25) is 0 Å². The van der Waals surface area contributed by atoms with Gasteiger partial charge in [-0.1, -0.05) is 76.2 Å². The van der Waals surface area contributed by atoms with Gasteiger partial charge >= 0.3 is 12.1 Å². The van der Waals surface area contributed by atoms with Crippen LogP contribution in [0.3, 0.4) is 0 Å². The lowest BCUT2D eigenvalue weighted by atomic mass is 9.86. The molecule has 3 rings (SSSR count). The number of alkyl carbamates (subject to hydrolysis) is 1. The number of carboxylic acid groups (broad SMARTS) is 1. The Bertz CT molecular complexity index is 998. The van der Waals surface area contributed by atoms with E-state index in [9.17, 15) is 19.5 Å². The minimum absolute atomic E-state index is 0.00395. The molecule has 1 unspecified atom stereocenters. The van der Waals surface area contributed by atoms with Gasteiger partial charge in [0, 0.05) is 18.9 Å².